The van der Waals surface area contributed by atoms with Gasteiger partial charge in [0.2, 0.25) is 0 Å². The van der Waals surface area contributed by atoms with Crippen LogP contribution in [0.3, 0.4) is 0 Å². The Morgan fingerprint density at radius 1 is 1.25 bits per heavy atom. The molecule has 2 amide bonds. The lowest BCUT2D eigenvalue weighted by atomic mass is 10.0. The van der Waals surface area contributed by atoms with E-state index in [9.17, 15) is 9.59 Å². The molecular formula is C8H16N2O2. The van der Waals surface area contributed by atoms with Crippen LogP contribution in [0.25, 0.3) is 0 Å². The quantitative estimate of drug-likeness (QED) is 0.652. The van der Waals surface area contributed by atoms with E-state index in [2.05, 4.69) is 10.6 Å². The first-order chi connectivity index (χ1) is 5.49. The van der Waals surface area contributed by atoms with Crippen molar-refractivity contribution in [1.82, 2.24) is 10.6 Å². The molecule has 70 valence electrons. The van der Waals surface area contributed by atoms with E-state index in [1.165, 1.54) is 14.0 Å². The number of rotatable bonds is 3. The van der Waals surface area contributed by atoms with E-state index in [4.69, 9.17) is 0 Å². The van der Waals surface area contributed by atoms with Crippen molar-refractivity contribution < 1.29 is 9.59 Å². The van der Waals surface area contributed by atoms with Crippen molar-refractivity contribution in [2.75, 3.05) is 7.05 Å². The van der Waals surface area contributed by atoms with Crippen LogP contribution in [0.2, 0.25) is 0 Å². The van der Waals surface area contributed by atoms with E-state index in [0.717, 1.165) is 0 Å². The summed E-state index contributed by atoms with van der Waals surface area (Å²) in [5.74, 6) is 0.105. The van der Waals surface area contributed by atoms with Gasteiger partial charge in [0.25, 0.3) is 0 Å². The summed E-state index contributed by atoms with van der Waals surface area (Å²) < 4.78 is 0. The Bertz CT molecular complexity index is 178. The fraction of sp³-hybridized carbons (Fsp3) is 0.750. The summed E-state index contributed by atoms with van der Waals surface area (Å²) in [7, 11) is 1.52. The Balaban J connectivity index is 4.14. The maximum Gasteiger partial charge on any atom is 0.315 e. The molecule has 0 aromatic carbocycles. The summed E-state index contributed by atoms with van der Waals surface area (Å²) in [4.78, 5) is 21.9. The molecule has 0 heterocycles. The molecule has 12 heavy (non-hydrogen) atoms. The first-order valence-corrected chi connectivity index (χ1v) is 3.97. The van der Waals surface area contributed by atoms with Crippen LogP contribution < -0.4 is 10.6 Å². The zero-order valence-electron chi connectivity index (χ0n) is 7.97. The van der Waals surface area contributed by atoms with Gasteiger partial charge in [0.05, 0.1) is 6.04 Å². The van der Waals surface area contributed by atoms with Gasteiger partial charge in [-0.3, -0.25) is 4.79 Å². The molecule has 1 atom stereocenters. The molecule has 0 aliphatic carbocycles. The number of nitrogens with one attached hydrogen (secondary N) is 2. The van der Waals surface area contributed by atoms with E-state index < -0.39 is 0 Å². The summed E-state index contributed by atoms with van der Waals surface area (Å²) in [5.41, 5.74) is 0. The number of ketones is 1. The Morgan fingerprint density at radius 3 is 2.00 bits per heavy atom. The molecule has 0 aromatic rings. The zero-order chi connectivity index (χ0) is 9.72. The van der Waals surface area contributed by atoms with Crippen molar-refractivity contribution >= 4 is 11.8 Å². The van der Waals surface area contributed by atoms with Crippen molar-refractivity contribution in [3.63, 3.8) is 0 Å². The first-order valence-electron chi connectivity index (χ1n) is 3.97. The van der Waals surface area contributed by atoms with Gasteiger partial charge in [-0.25, -0.2) is 4.79 Å². The van der Waals surface area contributed by atoms with Gasteiger partial charge in [0.15, 0.2) is 5.78 Å². The van der Waals surface area contributed by atoms with Gasteiger partial charge in [-0.05, 0) is 12.8 Å². The van der Waals surface area contributed by atoms with E-state index >= 15 is 0 Å². The second-order valence-electron chi connectivity index (χ2n) is 3.06. The van der Waals surface area contributed by atoms with E-state index in [1.807, 2.05) is 13.8 Å². The minimum absolute atomic E-state index is 0.0198. The number of carbonyl (C=O) groups is 2. The van der Waals surface area contributed by atoms with E-state index in [0.29, 0.717) is 0 Å². The highest BCUT2D eigenvalue weighted by Gasteiger charge is 2.19. The normalized spacial score (nSPS) is 12.4. The Kier molecular flexibility index (Phi) is 4.33. The van der Waals surface area contributed by atoms with E-state index in [-0.39, 0.29) is 23.8 Å². The number of amides is 2. The molecule has 0 aromatic heterocycles. The number of hydrogen-bond acceptors (Lipinski definition) is 2. The molecule has 4 heteroatoms. The fourth-order valence-corrected chi connectivity index (χ4v) is 0.951. The van der Waals surface area contributed by atoms with Crippen LogP contribution in [-0.4, -0.2) is 24.9 Å². The zero-order valence-corrected chi connectivity index (χ0v) is 7.97. The highest BCUT2D eigenvalue weighted by molar-refractivity contribution is 5.86. The third-order valence-electron chi connectivity index (χ3n) is 1.62. The summed E-state index contributed by atoms with van der Waals surface area (Å²) in [5, 5.41) is 4.97. The molecular weight excluding hydrogens is 156 g/mol. The lowest BCUT2D eigenvalue weighted by molar-refractivity contribution is -0.119. The van der Waals surface area contributed by atoms with Gasteiger partial charge >= 0.3 is 6.03 Å². The monoisotopic (exact) mass is 172 g/mol. The number of Topliss-reactive ketones (excluding diaryl/α,β-unsaturated/α-hetero) is 1. The first kappa shape index (κ1) is 10.9. The van der Waals surface area contributed by atoms with Crippen molar-refractivity contribution in [2.24, 2.45) is 5.92 Å². The van der Waals surface area contributed by atoms with Crippen LogP contribution in [0, 0.1) is 5.92 Å². The SMILES string of the molecule is CNC(=O)N[C@H](C(C)=O)C(C)C. The van der Waals surface area contributed by atoms with Gasteiger partial charge in [0.1, 0.15) is 0 Å². The Labute approximate surface area is 72.7 Å². The second-order valence-corrected chi connectivity index (χ2v) is 3.06. The van der Waals surface area contributed by atoms with Crippen molar-refractivity contribution in [2.45, 2.75) is 26.8 Å². The molecule has 0 rings (SSSR count). The minimum Gasteiger partial charge on any atom is -0.341 e. The smallest absolute Gasteiger partial charge is 0.315 e. The lowest BCUT2D eigenvalue weighted by Crippen LogP contribution is -2.46. The number of urea groups is 1. The summed E-state index contributed by atoms with van der Waals surface area (Å²) in [6.45, 7) is 5.25. The minimum atomic E-state index is -0.384. The van der Waals surface area contributed by atoms with Gasteiger partial charge in [-0.15, -0.1) is 0 Å². The molecule has 0 saturated carbocycles. The molecule has 0 fully saturated rings. The summed E-state index contributed by atoms with van der Waals surface area (Å²) >= 11 is 0. The third-order valence-corrected chi connectivity index (χ3v) is 1.62. The molecule has 0 unspecified atom stereocenters. The number of carbonyl (C=O) groups excluding carboxylic acids is 2. The molecule has 0 aliphatic heterocycles. The molecule has 0 saturated heterocycles. The maximum atomic E-state index is 11.0. The molecule has 0 aliphatic rings. The highest BCUT2D eigenvalue weighted by atomic mass is 16.2. The number of hydrogen-bond donors (Lipinski definition) is 2. The lowest BCUT2D eigenvalue weighted by Gasteiger charge is -2.18. The van der Waals surface area contributed by atoms with Gasteiger partial charge in [-0.1, -0.05) is 13.8 Å². The molecule has 0 spiro atoms. The largest absolute Gasteiger partial charge is 0.341 e. The van der Waals surface area contributed by atoms with Crippen LogP contribution in [0.1, 0.15) is 20.8 Å². The molecule has 0 bridgehead atoms. The van der Waals surface area contributed by atoms with Crippen molar-refractivity contribution in [3.8, 4) is 0 Å². The van der Waals surface area contributed by atoms with Crippen LogP contribution in [0.5, 0.6) is 0 Å². The molecule has 0 radical (unpaired) electrons. The van der Waals surface area contributed by atoms with Gasteiger partial charge in [0, 0.05) is 7.05 Å². The Morgan fingerprint density at radius 2 is 1.75 bits per heavy atom. The fourth-order valence-electron chi connectivity index (χ4n) is 0.951. The predicted molar refractivity (Wildman–Crippen MR) is 46.9 cm³/mol. The Hall–Kier alpha value is -1.06. The average Bonchev–Trinajstić information content (AvgIpc) is 1.98. The predicted octanol–water partition coefficient (Wildman–Crippen LogP) is 0.529. The molecule has 2 N–H and O–H groups in total. The van der Waals surface area contributed by atoms with Gasteiger partial charge in [-0.2, -0.15) is 0 Å². The van der Waals surface area contributed by atoms with E-state index in [1.54, 1.807) is 0 Å². The van der Waals surface area contributed by atoms with Crippen LogP contribution in [-0.2, 0) is 4.79 Å². The van der Waals surface area contributed by atoms with Crippen LogP contribution in [0.15, 0.2) is 0 Å². The molecule has 4 nitrogen and oxygen atoms in total. The maximum absolute atomic E-state index is 11.0. The van der Waals surface area contributed by atoms with Gasteiger partial charge < -0.3 is 10.6 Å². The average molecular weight is 172 g/mol. The van der Waals surface area contributed by atoms with Crippen LogP contribution >= 0.6 is 0 Å². The van der Waals surface area contributed by atoms with Crippen LogP contribution in [0.4, 0.5) is 4.79 Å². The second kappa shape index (κ2) is 4.74. The summed E-state index contributed by atoms with van der Waals surface area (Å²) in [6, 6.07) is -0.700. The third kappa shape index (κ3) is 3.37. The summed E-state index contributed by atoms with van der Waals surface area (Å²) in [6.07, 6.45) is 0. The van der Waals surface area contributed by atoms with Crippen molar-refractivity contribution in [1.29, 1.82) is 0 Å². The van der Waals surface area contributed by atoms with Crippen molar-refractivity contribution in [3.05, 3.63) is 0 Å². The highest BCUT2D eigenvalue weighted by Crippen LogP contribution is 2.01. The standard InChI is InChI=1S/C8H16N2O2/c1-5(2)7(6(3)11)10-8(12)9-4/h5,7H,1-4H3,(H2,9,10,12)/t7-/m0/s1. The topological polar surface area (TPSA) is 58.2 Å².